The average molecular weight is 458 g/mol. The van der Waals surface area contributed by atoms with Crippen molar-refractivity contribution < 1.29 is 36.6 Å². The number of hydrogen-bond acceptors (Lipinski definition) is 5. The maximum absolute atomic E-state index is 13.4. The Bertz CT molecular complexity index is 1070. The highest BCUT2D eigenvalue weighted by molar-refractivity contribution is 7.89. The largest absolute Gasteiger partial charge is 0.393 e. The number of nitrogens with zero attached hydrogens (tertiary/aromatic N) is 1. The molecule has 2 aromatic rings. The van der Waals surface area contributed by atoms with Crippen molar-refractivity contribution >= 4 is 21.6 Å². The topological polar surface area (TPSA) is 107 Å². The summed E-state index contributed by atoms with van der Waals surface area (Å²) in [5.74, 6) is -1.85. The Balaban J connectivity index is 1.78. The molecule has 31 heavy (non-hydrogen) atoms. The zero-order valence-corrected chi connectivity index (χ0v) is 17.1. The lowest BCUT2D eigenvalue weighted by molar-refractivity contribution is -0.0480. The Labute approximate surface area is 177 Å². The third-order valence-corrected chi connectivity index (χ3v) is 7.07. The van der Waals surface area contributed by atoms with E-state index in [1.54, 1.807) is 0 Å². The summed E-state index contributed by atoms with van der Waals surface area (Å²) >= 11 is 0. The minimum atomic E-state index is -3.96. The van der Waals surface area contributed by atoms with E-state index in [0.29, 0.717) is 0 Å². The Morgan fingerprint density at radius 2 is 1.84 bits per heavy atom. The van der Waals surface area contributed by atoms with E-state index < -0.39 is 45.9 Å². The molecular weight excluding hydrogens is 437 g/mol. The highest BCUT2D eigenvalue weighted by atomic mass is 32.2. The van der Waals surface area contributed by atoms with Crippen molar-refractivity contribution in [3.8, 4) is 0 Å². The van der Waals surface area contributed by atoms with Gasteiger partial charge in [-0.05, 0) is 49.2 Å². The first-order valence-corrected chi connectivity index (χ1v) is 10.8. The van der Waals surface area contributed by atoms with E-state index in [9.17, 15) is 36.6 Å². The van der Waals surface area contributed by atoms with Crippen molar-refractivity contribution in [3.05, 3.63) is 59.4 Å². The second-order valence-corrected chi connectivity index (χ2v) is 9.24. The molecule has 0 spiro atoms. The number of amides is 1. The number of carbonyl (C=O) groups is 1. The first kappa shape index (κ1) is 23.2. The van der Waals surface area contributed by atoms with Gasteiger partial charge in [-0.1, -0.05) is 6.07 Å². The predicted molar refractivity (Wildman–Crippen MR) is 106 cm³/mol. The van der Waals surface area contributed by atoms with Crippen LogP contribution in [-0.2, 0) is 10.0 Å². The molecule has 1 amide bonds. The number of anilines is 1. The summed E-state index contributed by atoms with van der Waals surface area (Å²) in [5, 5.41) is 21.6. The van der Waals surface area contributed by atoms with Gasteiger partial charge in [0.2, 0.25) is 10.0 Å². The van der Waals surface area contributed by atoms with Crippen LogP contribution >= 0.6 is 0 Å². The lowest BCUT2D eigenvalue weighted by atomic mass is 9.94. The van der Waals surface area contributed by atoms with Gasteiger partial charge in [-0.3, -0.25) is 4.79 Å². The van der Waals surface area contributed by atoms with Crippen LogP contribution in [0.1, 0.15) is 35.2 Å². The number of hydrogen-bond donors (Lipinski definition) is 3. The number of halogens is 3. The summed E-state index contributed by atoms with van der Waals surface area (Å²) in [6, 6.07) is 7.92. The minimum Gasteiger partial charge on any atom is -0.393 e. The van der Waals surface area contributed by atoms with Crippen molar-refractivity contribution in [2.24, 2.45) is 0 Å². The van der Waals surface area contributed by atoms with Crippen LogP contribution in [0.3, 0.4) is 0 Å². The molecule has 1 fully saturated rings. The van der Waals surface area contributed by atoms with E-state index in [0.717, 1.165) is 28.6 Å². The van der Waals surface area contributed by atoms with E-state index in [-0.39, 0.29) is 42.1 Å². The molecule has 3 N–H and O–H groups in total. The summed E-state index contributed by atoms with van der Waals surface area (Å²) in [6.45, 7) is -0.462. The molecule has 7 nitrogen and oxygen atoms in total. The third-order valence-electron chi connectivity index (χ3n) is 5.17. The number of carbonyl (C=O) groups excluding carboxylic acids is 1. The van der Waals surface area contributed by atoms with Crippen LogP contribution in [0.2, 0.25) is 0 Å². The number of aliphatic hydroxyl groups excluding tert-OH is 1. The number of rotatable bonds is 6. The number of benzene rings is 2. The zero-order valence-electron chi connectivity index (χ0n) is 16.3. The van der Waals surface area contributed by atoms with Gasteiger partial charge in [0.05, 0.1) is 22.7 Å². The van der Waals surface area contributed by atoms with Crippen molar-refractivity contribution in [2.75, 3.05) is 25.0 Å². The second-order valence-electron chi connectivity index (χ2n) is 7.31. The fraction of sp³-hybridized carbons (Fsp3) is 0.350. The molecule has 0 radical (unpaired) electrons. The lowest BCUT2D eigenvalue weighted by Crippen LogP contribution is -2.48. The van der Waals surface area contributed by atoms with Crippen LogP contribution in [0.15, 0.2) is 47.4 Å². The molecule has 0 saturated carbocycles. The molecule has 1 aliphatic rings. The van der Waals surface area contributed by atoms with Crippen molar-refractivity contribution in [2.45, 2.75) is 29.8 Å². The molecule has 11 heteroatoms. The van der Waals surface area contributed by atoms with Crippen LogP contribution in [0, 0.1) is 5.82 Å². The number of piperidine rings is 1. The highest BCUT2D eigenvalue weighted by Gasteiger charge is 2.36. The van der Waals surface area contributed by atoms with Crippen LogP contribution < -0.4 is 5.32 Å². The van der Waals surface area contributed by atoms with Gasteiger partial charge in [-0.2, -0.15) is 4.31 Å². The Kier molecular flexibility index (Phi) is 6.70. The fourth-order valence-corrected chi connectivity index (χ4v) is 4.73. The first-order chi connectivity index (χ1) is 14.6. The molecular formula is C20H21F3N2O5S. The molecule has 3 rings (SSSR count). The molecule has 0 unspecified atom stereocenters. The molecule has 0 aliphatic carbocycles. The summed E-state index contributed by atoms with van der Waals surface area (Å²) < 4.78 is 66.1. The molecule has 1 saturated heterocycles. The summed E-state index contributed by atoms with van der Waals surface area (Å²) in [4.78, 5) is 12.3. The SMILES string of the molecule is O=C(Nc1ccc(F)c(C(F)F)c1)c1cccc(S(=O)(=O)N2CCC(O)(CO)CC2)c1. The molecule has 0 atom stereocenters. The summed E-state index contributed by atoms with van der Waals surface area (Å²) in [5.41, 5.74) is -2.27. The monoisotopic (exact) mass is 458 g/mol. The number of nitrogens with one attached hydrogen (secondary N) is 1. The summed E-state index contributed by atoms with van der Waals surface area (Å²) in [6.07, 6.45) is -2.92. The van der Waals surface area contributed by atoms with Gasteiger partial charge in [0.1, 0.15) is 5.82 Å². The van der Waals surface area contributed by atoms with Crippen LogP contribution in [0.4, 0.5) is 18.9 Å². The maximum Gasteiger partial charge on any atom is 0.266 e. The zero-order chi connectivity index (χ0) is 22.8. The van der Waals surface area contributed by atoms with E-state index in [2.05, 4.69) is 5.32 Å². The minimum absolute atomic E-state index is 0.00179. The molecule has 1 heterocycles. The van der Waals surface area contributed by atoms with Crippen molar-refractivity contribution in [1.29, 1.82) is 0 Å². The number of aliphatic hydroxyl groups is 2. The maximum atomic E-state index is 13.4. The van der Waals surface area contributed by atoms with Gasteiger partial charge < -0.3 is 15.5 Å². The smallest absolute Gasteiger partial charge is 0.266 e. The Hall–Kier alpha value is -2.47. The average Bonchev–Trinajstić information content (AvgIpc) is 2.75. The van der Waals surface area contributed by atoms with Gasteiger partial charge in [0, 0.05) is 24.3 Å². The lowest BCUT2D eigenvalue weighted by Gasteiger charge is -2.36. The first-order valence-electron chi connectivity index (χ1n) is 9.38. The van der Waals surface area contributed by atoms with E-state index in [1.807, 2.05) is 0 Å². The predicted octanol–water partition coefficient (Wildman–Crippen LogP) is 2.52. The highest BCUT2D eigenvalue weighted by Crippen LogP contribution is 2.28. The van der Waals surface area contributed by atoms with Gasteiger partial charge in [-0.15, -0.1) is 0 Å². The van der Waals surface area contributed by atoms with Gasteiger partial charge in [-0.25, -0.2) is 21.6 Å². The molecule has 1 aliphatic heterocycles. The van der Waals surface area contributed by atoms with E-state index >= 15 is 0 Å². The van der Waals surface area contributed by atoms with E-state index in [1.165, 1.54) is 18.2 Å². The standard InChI is InChI=1S/C20H21F3N2O5S/c21-17-5-4-14(11-16(17)18(22)23)24-19(27)13-2-1-3-15(10-13)31(29,30)25-8-6-20(28,12-26)7-9-25/h1-5,10-11,18,26,28H,6-9,12H2,(H,24,27). The van der Waals surface area contributed by atoms with Crippen molar-refractivity contribution in [3.63, 3.8) is 0 Å². The van der Waals surface area contributed by atoms with Crippen LogP contribution in [-0.4, -0.2) is 54.1 Å². The number of sulfonamides is 1. The molecule has 168 valence electrons. The Morgan fingerprint density at radius 3 is 2.45 bits per heavy atom. The number of alkyl halides is 2. The van der Waals surface area contributed by atoms with Gasteiger partial charge in [0.25, 0.3) is 12.3 Å². The molecule has 2 aromatic carbocycles. The van der Waals surface area contributed by atoms with Crippen LogP contribution in [0.25, 0.3) is 0 Å². The van der Waals surface area contributed by atoms with Crippen molar-refractivity contribution in [1.82, 2.24) is 4.31 Å². The fourth-order valence-electron chi connectivity index (χ4n) is 3.24. The Morgan fingerprint density at radius 1 is 1.16 bits per heavy atom. The van der Waals surface area contributed by atoms with Crippen LogP contribution in [0.5, 0.6) is 0 Å². The third kappa shape index (κ3) is 5.06. The van der Waals surface area contributed by atoms with E-state index in [4.69, 9.17) is 0 Å². The molecule has 0 aromatic heterocycles. The van der Waals surface area contributed by atoms with Gasteiger partial charge in [0.15, 0.2) is 0 Å². The molecule has 0 bridgehead atoms. The summed E-state index contributed by atoms with van der Waals surface area (Å²) in [7, 11) is -3.96. The second kappa shape index (κ2) is 8.95. The normalized spacial score (nSPS) is 17.0. The van der Waals surface area contributed by atoms with Gasteiger partial charge >= 0.3 is 0 Å². The quantitative estimate of drug-likeness (QED) is 0.617.